The van der Waals surface area contributed by atoms with Gasteiger partial charge in [-0.2, -0.15) is 0 Å². The summed E-state index contributed by atoms with van der Waals surface area (Å²) < 4.78 is 6.59. The molecule has 1 amide bonds. The van der Waals surface area contributed by atoms with Crippen molar-refractivity contribution >= 4 is 39.1 Å². The highest BCUT2D eigenvalue weighted by atomic mass is 79.9. The molecule has 7 heteroatoms. The Balaban J connectivity index is 1.93. The molecule has 6 nitrogen and oxygen atoms in total. The van der Waals surface area contributed by atoms with Crippen LogP contribution in [0.25, 0.3) is 5.76 Å². The van der Waals surface area contributed by atoms with Crippen molar-refractivity contribution in [3.63, 3.8) is 0 Å². The van der Waals surface area contributed by atoms with Gasteiger partial charge in [0.1, 0.15) is 23.3 Å². The third kappa shape index (κ3) is 3.03. The lowest BCUT2D eigenvalue weighted by Gasteiger charge is -2.23. The van der Waals surface area contributed by atoms with Crippen LogP contribution in [0, 0.1) is 6.92 Å². The fourth-order valence-corrected chi connectivity index (χ4v) is 3.50. The number of hydrogen-bond acceptors (Lipinski definition) is 5. The van der Waals surface area contributed by atoms with Crippen molar-refractivity contribution in [3.8, 4) is 0 Å². The predicted molar refractivity (Wildman–Crippen MR) is 107 cm³/mol. The van der Waals surface area contributed by atoms with E-state index in [2.05, 4.69) is 20.9 Å². The number of carbonyl (C=O) groups excluding carboxylic acids is 2. The molecule has 4 rings (SSSR count). The highest BCUT2D eigenvalue weighted by molar-refractivity contribution is 9.10. The number of nitrogens with zero attached hydrogens (tertiary/aromatic N) is 2. The molecule has 0 spiro atoms. The second kappa shape index (κ2) is 7.09. The van der Waals surface area contributed by atoms with Crippen LogP contribution < -0.4 is 4.90 Å². The Morgan fingerprint density at radius 1 is 1.07 bits per heavy atom. The molecule has 1 aromatic carbocycles. The summed E-state index contributed by atoms with van der Waals surface area (Å²) in [5.41, 5.74) is 0.906. The van der Waals surface area contributed by atoms with Gasteiger partial charge >= 0.3 is 0 Å². The van der Waals surface area contributed by atoms with Gasteiger partial charge in [0.25, 0.3) is 11.7 Å². The smallest absolute Gasteiger partial charge is 0.300 e. The van der Waals surface area contributed by atoms with Crippen molar-refractivity contribution in [1.82, 2.24) is 4.98 Å². The Hall–Kier alpha value is -3.19. The third-order valence-corrected chi connectivity index (χ3v) is 5.06. The molecule has 140 valence electrons. The monoisotopic (exact) mass is 438 g/mol. The van der Waals surface area contributed by atoms with Gasteiger partial charge < -0.3 is 9.52 Å². The standard InChI is InChI=1S/C21H15BrN2O4/c1-12-2-7-16(28-12)18-17(19(25)13-8-10-23-11-9-13)20(26)21(27)24(18)15-5-3-14(22)4-6-15/h2-11,18,25H,1H3/b19-17-. The molecule has 1 N–H and O–H groups in total. The maximum absolute atomic E-state index is 12.9. The maximum atomic E-state index is 12.9. The number of Topliss-reactive ketones (excluding diaryl/α,β-unsaturated/α-hetero) is 1. The van der Waals surface area contributed by atoms with Gasteiger partial charge in [-0.05, 0) is 55.5 Å². The highest BCUT2D eigenvalue weighted by Gasteiger charge is 2.48. The van der Waals surface area contributed by atoms with E-state index >= 15 is 0 Å². The number of furan rings is 1. The molecule has 0 saturated carbocycles. The van der Waals surface area contributed by atoms with Crippen molar-refractivity contribution in [1.29, 1.82) is 0 Å². The van der Waals surface area contributed by atoms with Gasteiger partial charge in [0, 0.05) is 28.1 Å². The van der Waals surface area contributed by atoms with Crippen LogP contribution in [0.15, 0.2) is 75.4 Å². The summed E-state index contributed by atoms with van der Waals surface area (Å²) in [5.74, 6) is -0.719. The number of aliphatic hydroxyl groups excluding tert-OH is 1. The highest BCUT2D eigenvalue weighted by Crippen LogP contribution is 2.42. The van der Waals surface area contributed by atoms with Gasteiger partial charge in [0.2, 0.25) is 0 Å². The van der Waals surface area contributed by atoms with Gasteiger partial charge in [-0.15, -0.1) is 0 Å². The molecule has 2 aromatic heterocycles. The average molecular weight is 439 g/mol. The number of aliphatic hydroxyl groups is 1. The van der Waals surface area contributed by atoms with Gasteiger partial charge in [0.15, 0.2) is 0 Å². The zero-order valence-corrected chi connectivity index (χ0v) is 16.4. The molecule has 3 heterocycles. The summed E-state index contributed by atoms with van der Waals surface area (Å²) >= 11 is 3.37. The molecule has 1 fully saturated rings. The first-order valence-electron chi connectivity index (χ1n) is 8.50. The van der Waals surface area contributed by atoms with Gasteiger partial charge in [0.05, 0.1) is 5.57 Å². The van der Waals surface area contributed by atoms with Crippen LogP contribution in [-0.2, 0) is 9.59 Å². The fraction of sp³-hybridized carbons (Fsp3) is 0.0952. The second-order valence-corrected chi connectivity index (χ2v) is 7.25. The minimum atomic E-state index is -0.872. The Morgan fingerprint density at radius 2 is 1.75 bits per heavy atom. The predicted octanol–water partition coefficient (Wildman–Crippen LogP) is 4.37. The second-order valence-electron chi connectivity index (χ2n) is 6.33. The minimum absolute atomic E-state index is 0.0199. The van der Waals surface area contributed by atoms with Crippen molar-refractivity contribution in [2.75, 3.05) is 4.90 Å². The van der Waals surface area contributed by atoms with Crippen LogP contribution in [-0.4, -0.2) is 21.8 Å². The van der Waals surface area contributed by atoms with Gasteiger partial charge in [-0.25, -0.2) is 0 Å². The number of carbonyl (C=O) groups is 2. The number of anilines is 1. The number of ketones is 1. The van der Waals surface area contributed by atoms with Gasteiger partial charge in [-0.1, -0.05) is 15.9 Å². The van der Waals surface area contributed by atoms with Crippen LogP contribution in [0.4, 0.5) is 5.69 Å². The molecular weight excluding hydrogens is 424 g/mol. The van der Waals surface area contributed by atoms with Crippen molar-refractivity contribution < 1.29 is 19.1 Å². The molecule has 28 heavy (non-hydrogen) atoms. The van der Waals surface area contributed by atoms with E-state index in [1.54, 1.807) is 55.5 Å². The first-order valence-corrected chi connectivity index (χ1v) is 9.30. The molecule has 1 aliphatic heterocycles. The Kier molecular flexibility index (Phi) is 4.60. The number of halogens is 1. The summed E-state index contributed by atoms with van der Waals surface area (Å²) in [7, 11) is 0. The lowest BCUT2D eigenvalue weighted by atomic mass is 9.99. The SMILES string of the molecule is Cc1ccc(C2/C(=C(/O)c3ccncc3)C(=O)C(=O)N2c2ccc(Br)cc2)o1. The Labute approximate surface area is 169 Å². The van der Waals surface area contributed by atoms with Crippen molar-refractivity contribution in [2.45, 2.75) is 13.0 Å². The van der Waals surface area contributed by atoms with E-state index in [0.717, 1.165) is 4.47 Å². The Morgan fingerprint density at radius 3 is 2.36 bits per heavy atom. The molecule has 3 aromatic rings. The number of aryl methyl sites for hydroxylation is 1. The zero-order valence-electron chi connectivity index (χ0n) is 14.8. The molecule has 0 bridgehead atoms. The summed E-state index contributed by atoms with van der Waals surface area (Å²) in [4.78, 5) is 31.0. The fourth-order valence-electron chi connectivity index (χ4n) is 3.24. The topological polar surface area (TPSA) is 83.6 Å². The van der Waals surface area contributed by atoms with Crippen molar-refractivity contribution in [2.24, 2.45) is 0 Å². The van der Waals surface area contributed by atoms with E-state index in [-0.39, 0.29) is 11.3 Å². The Bertz CT molecular complexity index is 1090. The number of hydrogen-bond donors (Lipinski definition) is 1. The maximum Gasteiger partial charge on any atom is 0.300 e. The quantitative estimate of drug-likeness (QED) is 0.372. The van der Waals surface area contributed by atoms with Gasteiger partial charge in [-0.3, -0.25) is 19.5 Å². The molecular formula is C21H15BrN2O4. The summed E-state index contributed by atoms with van der Waals surface area (Å²) in [5, 5.41) is 10.9. The first kappa shape index (κ1) is 18.2. The molecule has 0 radical (unpaired) electrons. The van der Waals surface area contributed by atoms with Crippen LogP contribution in [0.1, 0.15) is 23.1 Å². The van der Waals surface area contributed by atoms with Crippen LogP contribution in [0.3, 0.4) is 0 Å². The normalized spacial score (nSPS) is 18.6. The largest absolute Gasteiger partial charge is 0.507 e. The van der Waals surface area contributed by atoms with Crippen LogP contribution in [0.5, 0.6) is 0 Å². The third-order valence-electron chi connectivity index (χ3n) is 4.53. The molecule has 1 aliphatic rings. The number of rotatable bonds is 3. The van der Waals surface area contributed by atoms with E-state index in [1.807, 2.05) is 0 Å². The van der Waals surface area contributed by atoms with Crippen molar-refractivity contribution in [3.05, 3.63) is 88.1 Å². The molecule has 1 atom stereocenters. The summed E-state index contributed by atoms with van der Waals surface area (Å²) in [6.45, 7) is 1.78. The summed E-state index contributed by atoms with van der Waals surface area (Å²) in [6.07, 6.45) is 3.01. The van der Waals surface area contributed by atoms with E-state index in [1.165, 1.54) is 17.3 Å². The number of pyridine rings is 1. The first-order chi connectivity index (χ1) is 13.5. The van der Waals surface area contributed by atoms with E-state index in [4.69, 9.17) is 4.42 Å². The molecule has 1 saturated heterocycles. The minimum Gasteiger partial charge on any atom is -0.507 e. The average Bonchev–Trinajstić information content (AvgIpc) is 3.24. The zero-order chi connectivity index (χ0) is 19.8. The number of benzene rings is 1. The summed E-state index contributed by atoms with van der Waals surface area (Å²) in [6, 6.07) is 12.8. The molecule has 0 aliphatic carbocycles. The van der Waals surface area contributed by atoms with E-state index in [9.17, 15) is 14.7 Å². The van der Waals surface area contributed by atoms with Crippen LogP contribution in [0.2, 0.25) is 0 Å². The number of aromatic nitrogens is 1. The van der Waals surface area contributed by atoms with Crippen LogP contribution >= 0.6 is 15.9 Å². The number of amides is 1. The lowest BCUT2D eigenvalue weighted by Crippen LogP contribution is -2.29. The molecule has 1 unspecified atom stereocenters. The lowest BCUT2D eigenvalue weighted by molar-refractivity contribution is -0.132. The van der Waals surface area contributed by atoms with E-state index in [0.29, 0.717) is 22.8 Å². The van der Waals surface area contributed by atoms with E-state index < -0.39 is 17.7 Å².